The summed E-state index contributed by atoms with van der Waals surface area (Å²) in [4.78, 5) is 7.20. The zero-order chi connectivity index (χ0) is 14.9. The van der Waals surface area contributed by atoms with Crippen LogP contribution in [0.2, 0.25) is 0 Å². The van der Waals surface area contributed by atoms with Gasteiger partial charge in [0.25, 0.3) is 0 Å². The summed E-state index contributed by atoms with van der Waals surface area (Å²) >= 11 is 1.88. The Labute approximate surface area is 130 Å². The van der Waals surface area contributed by atoms with Crippen LogP contribution in [0.1, 0.15) is 49.9 Å². The van der Waals surface area contributed by atoms with Crippen LogP contribution in [-0.2, 0) is 19.3 Å². The number of aromatic nitrogens is 1. The Morgan fingerprint density at radius 2 is 2.10 bits per heavy atom. The van der Waals surface area contributed by atoms with E-state index >= 15 is 0 Å². The van der Waals surface area contributed by atoms with E-state index in [0.29, 0.717) is 0 Å². The largest absolute Gasteiger partial charge is 0.440 e. The van der Waals surface area contributed by atoms with Crippen molar-refractivity contribution in [3.05, 3.63) is 28.6 Å². The van der Waals surface area contributed by atoms with Crippen LogP contribution in [0, 0.1) is 0 Å². The summed E-state index contributed by atoms with van der Waals surface area (Å²) in [6, 6.07) is 2.30. The number of thiophene rings is 1. The van der Waals surface area contributed by atoms with E-state index in [0.717, 1.165) is 24.6 Å². The summed E-state index contributed by atoms with van der Waals surface area (Å²) in [5.74, 6) is 1.76. The van der Waals surface area contributed by atoms with Gasteiger partial charge in [-0.1, -0.05) is 0 Å². The second-order valence-electron chi connectivity index (χ2n) is 6.81. The molecule has 0 amide bonds. The average molecular weight is 304 g/mol. The summed E-state index contributed by atoms with van der Waals surface area (Å²) < 4.78 is 5.92. The first-order valence-corrected chi connectivity index (χ1v) is 8.65. The number of hydrogen-bond acceptors (Lipinski definition) is 4. The third kappa shape index (κ3) is 3.74. The topological polar surface area (TPSA) is 38.1 Å². The van der Waals surface area contributed by atoms with Crippen LogP contribution in [0.25, 0.3) is 10.6 Å². The van der Waals surface area contributed by atoms with Crippen molar-refractivity contribution in [1.29, 1.82) is 0 Å². The van der Waals surface area contributed by atoms with Gasteiger partial charge in [-0.3, -0.25) is 0 Å². The summed E-state index contributed by atoms with van der Waals surface area (Å²) in [5, 5.41) is 3.46. The molecule has 3 rings (SSSR count). The molecule has 0 unspecified atom stereocenters. The number of hydrogen-bond donors (Lipinski definition) is 1. The van der Waals surface area contributed by atoms with Crippen LogP contribution in [-0.4, -0.2) is 17.1 Å². The molecular weight excluding hydrogens is 280 g/mol. The molecule has 0 atom stereocenters. The van der Waals surface area contributed by atoms with E-state index in [9.17, 15) is 0 Å². The molecule has 0 fully saturated rings. The predicted octanol–water partition coefficient (Wildman–Crippen LogP) is 4.21. The van der Waals surface area contributed by atoms with Gasteiger partial charge in [0.05, 0.1) is 11.1 Å². The minimum Gasteiger partial charge on any atom is -0.440 e. The molecule has 0 bridgehead atoms. The third-order valence-electron chi connectivity index (χ3n) is 3.79. The second-order valence-corrected chi connectivity index (χ2v) is 7.95. The lowest BCUT2D eigenvalue weighted by Crippen LogP contribution is -2.37. The Morgan fingerprint density at radius 1 is 1.29 bits per heavy atom. The fraction of sp³-hybridized carbons (Fsp3) is 0.588. The number of aryl methyl sites for hydroxylation is 2. The first kappa shape index (κ1) is 14.8. The third-order valence-corrected chi connectivity index (χ3v) is 5.04. The number of oxazole rings is 1. The van der Waals surface area contributed by atoms with Crippen molar-refractivity contribution >= 4 is 11.3 Å². The minimum absolute atomic E-state index is 0.141. The molecule has 2 aromatic rings. The average Bonchev–Trinajstić information content (AvgIpc) is 3.02. The maximum Gasteiger partial charge on any atom is 0.196 e. The Hall–Kier alpha value is -1.13. The molecule has 114 valence electrons. The van der Waals surface area contributed by atoms with E-state index in [4.69, 9.17) is 4.42 Å². The standard InChI is InChI=1S/C17H24N2OS/c1-17(2,3)19-9-8-16-18-11-13(20-16)15-10-12-6-4-5-7-14(12)21-15/h10-11,19H,4-9H2,1-3H3. The first-order valence-electron chi connectivity index (χ1n) is 7.83. The van der Waals surface area contributed by atoms with Gasteiger partial charge < -0.3 is 9.73 Å². The van der Waals surface area contributed by atoms with Crippen LogP contribution in [0.3, 0.4) is 0 Å². The molecule has 0 spiro atoms. The molecule has 0 saturated heterocycles. The van der Waals surface area contributed by atoms with Crippen LogP contribution in [0.15, 0.2) is 16.7 Å². The normalized spacial score (nSPS) is 15.2. The quantitative estimate of drug-likeness (QED) is 0.919. The van der Waals surface area contributed by atoms with Crippen molar-refractivity contribution < 1.29 is 4.42 Å². The number of rotatable bonds is 4. The van der Waals surface area contributed by atoms with Crippen LogP contribution in [0.4, 0.5) is 0 Å². The summed E-state index contributed by atoms with van der Waals surface area (Å²) in [6.07, 6.45) is 7.82. The lowest BCUT2D eigenvalue weighted by molar-refractivity contribution is 0.412. The molecule has 2 heterocycles. The molecule has 21 heavy (non-hydrogen) atoms. The van der Waals surface area contributed by atoms with Crippen LogP contribution >= 0.6 is 11.3 Å². The second kappa shape index (κ2) is 5.93. The van der Waals surface area contributed by atoms with Crippen LogP contribution in [0.5, 0.6) is 0 Å². The van der Waals surface area contributed by atoms with Gasteiger partial charge in [0.2, 0.25) is 0 Å². The Bertz CT molecular complexity index is 583. The van der Waals surface area contributed by atoms with Gasteiger partial charge in [-0.2, -0.15) is 0 Å². The molecule has 2 aromatic heterocycles. The highest BCUT2D eigenvalue weighted by Crippen LogP contribution is 2.35. The van der Waals surface area contributed by atoms with Crippen molar-refractivity contribution in [2.75, 3.05) is 6.54 Å². The van der Waals surface area contributed by atoms with Crippen molar-refractivity contribution in [2.45, 2.75) is 58.4 Å². The number of fused-ring (bicyclic) bond motifs is 1. The minimum atomic E-state index is 0.141. The fourth-order valence-electron chi connectivity index (χ4n) is 2.70. The molecule has 0 saturated carbocycles. The highest BCUT2D eigenvalue weighted by atomic mass is 32.1. The SMILES string of the molecule is CC(C)(C)NCCc1ncc(-c2cc3c(s2)CCCC3)o1. The van der Waals surface area contributed by atoms with Gasteiger partial charge in [0.1, 0.15) is 0 Å². The lowest BCUT2D eigenvalue weighted by atomic mass is 9.99. The van der Waals surface area contributed by atoms with Crippen molar-refractivity contribution in [3.63, 3.8) is 0 Å². The van der Waals surface area contributed by atoms with E-state index in [1.807, 2.05) is 17.5 Å². The predicted molar refractivity (Wildman–Crippen MR) is 87.9 cm³/mol. The summed E-state index contributed by atoms with van der Waals surface area (Å²) in [5.41, 5.74) is 1.66. The summed E-state index contributed by atoms with van der Waals surface area (Å²) in [7, 11) is 0. The van der Waals surface area contributed by atoms with Crippen molar-refractivity contribution in [2.24, 2.45) is 0 Å². The maximum absolute atomic E-state index is 5.92. The van der Waals surface area contributed by atoms with Gasteiger partial charge in [-0.15, -0.1) is 11.3 Å². The van der Waals surface area contributed by atoms with E-state index in [1.54, 1.807) is 4.88 Å². The fourth-order valence-corrected chi connectivity index (χ4v) is 3.90. The molecule has 1 N–H and O–H groups in total. The highest BCUT2D eigenvalue weighted by Gasteiger charge is 2.16. The summed E-state index contributed by atoms with van der Waals surface area (Å²) in [6.45, 7) is 7.41. The lowest BCUT2D eigenvalue weighted by Gasteiger charge is -2.19. The zero-order valence-corrected chi connectivity index (χ0v) is 14.0. The number of nitrogens with zero attached hydrogens (tertiary/aromatic N) is 1. The van der Waals surface area contributed by atoms with Gasteiger partial charge >= 0.3 is 0 Å². The first-order chi connectivity index (χ1) is 10.0. The molecule has 0 aromatic carbocycles. The van der Waals surface area contributed by atoms with E-state index < -0.39 is 0 Å². The Kier molecular flexibility index (Phi) is 4.18. The van der Waals surface area contributed by atoms with Gasteiger partial charge in [0, 0.05) is 23.4 Å². The van der Waals surface area contributed by atoms with Crippen molar-refractivity contribution in [3.8, 4) is 10.6 Å². The Balaban J connectivity index is 1.66. The number of nitrogens with one attached hydrogen (secondary N) is 1. The van der Waals surface area contributed by atoms with E-state index in [-0.39, 0.29) is 5.54 Å². The van der Waals surface area contributed by atoms with Crippen molar-refractivity contribution in [1.82, 2.24) is 10.3 Å². The molecule has 4 heteroatoms. The smallest absolute Gasteiger partial charge is 0.196 e. The molecule has 0 aliphatic heterocycles. The van der Waals surface area contributed by atoms with Gasteiger partial charge in [-0.05, 0) is 58.1 Å². The zero-order valence-electron chi connectivity index (χ0n) is 13.2. The van der Waals surface area contributed by atoms with E-state index in [2.05, 4.69) is 37.1 Å². The van der Waals surface area contributed by atoms with Crippen LogP contribution < -0.4 is 5.32 Å². The van der Waals surface area contributed by atoms with Gasteiger partial charge in [0.15, 0.2) is 11.7 Å². The maximum atomic E-state index is 5.92. The molecule has 0 radical (unpaired) electrons. The molecule has 1 aliphatic rings. The van der Waals surface area contributed by atoms with E-state index in [1.165, 1.54) is 36.1 Å². The molecule has 1 aliphatic carbocycles. The monoisotopic (exact) mass is 304 g/mol. The highest BCUT2D eigenvalue weighted by molar-refractivity contribution is 7.15. The molecule has 3 nitrogen and oxygen atoms in total. The molecular formula is C17H24N2OS. The Morgan fingerprint density at radius 3 is 2.86 bits per heavy atom. The van der Waals surface area contributed by atoms with Gasteiger partial charge in [-0.25, -0.2) is 4.98 Å².